The maximum Gasteiger partial charge on any atom is 0.191 e. The second kappa shape index (κ2) is 14.3. The van der Waals surface area contributed by atoms with Gasteiger partial charge in [-0.2, -0.15) is 0 Å². The fraction of sp³-hybridized carbons (Fsp3) is 0.522. The van der Waals surface area contributed by atoms with Crippen molar-refractivity contribution >= 4 is 35.6 Å². The topological polar surface area (TPSA) is 82.3 Å². The summed E-state index contributed by atoms with van der Waals surface area (Å²) in [7, 11) is 0. The van der Waals surface area contributed by atoms with Gasteiger partial charge in [0.25, 0.3) is 0 Å². The molecule has 2 heterocycles. The predicted octanol–water partition coefficient (Wildman–Crippen LogP) is 3.66. The Kier molecular flexibility index (Phi) is 11.8. The number of anilines is 1. The van der Waals surface area contributed by atoms with Crippen molar-refractivity contribution in [2.45, 2.75) is 45.4 Å². The Hall–Kier alpha value is -1.85. The Morgan fingerprint density at radius 3 is 2.78 bits per heavy atom. The monoisotopic (exact) mass is 560 g/mol. The van der Waals surface area contributed by atoms with Gasteiger partial charge in [0.1, 0.15) is 18.2 Å². The molecule has 1 aliphatic rings. The van der Waals surface area contributed by atoms with E-state index in [2.05, 4.69) is 15.6 Å². The summed E-state index contributed by atoms with van der Waals surface area (Å²) in [5, 5.41) is 16.1. The first-order valence-electron chi connectivity index (χ1n) is 11.0. The number of rotatable bonds is 10. The summed E-state index contributed by atoms with van der Waals surface area (Å²) in [6, 6.07) is 9.02. The first-order valence-corrected chi connectivity index (χ1v) is 11.0. The van der Waals surface area contributed by atoms with E-state index in [1.165, 1.54) is 0 Å². The zero-order valence-electron chi connectivity index (χ0n) is 18.6. The second-order valence-corrected chi connectivity index (χ2v) is 7.61. The molecule has 9 heteroatoms. The highest BCUT2D eigenvalue weighted by Crippen LogP contribution is 2.24. The molecular formula is C23H34FIN4O3. The molecular weight excluding hydrogens is 526 g/mol. The normalized spacial score (nSPS) is 14.8. The van der Waals surface area contributed by atoms with E-state index >= 15 is 0 Å². The van der Waals surface area contributed by atoms with Gasteiger partial charge in [0.15, 0.2) is 5.96 Å². The van der Waals surface area contributed by atoms with Crippen LogP contribution in [0.5, 0.6) is 0 Å². The molecule has 0 amide bonds. The molecule has 0 spiro atoms. The van der Waals surface area contributed by atoms with E-state index in [0.29, 0.717) is 57.3 Å². The summed E-state index contributed by atoms with van der Waals surface area (Å²) in [6.45, 7) is 6.31. The summed E-state index contributed by atoms with van der Waals surface area (Å²) in [6.07, 6.45) is 3.55. The summed E-state index contributed by atoms with van der Waals surface area (Å²) in [4.78, 5) is 6.56. The Labute approximate surface area is 206 Å². The van der Waals surface area contributed by atoms with Crippen LogP contribution in [0.15, 0.2) is 46.0 Å². The third-order valence-electron chi connectivity index (χ3n) is 5.16. The average Bonchev–Trinajstić information content (AvgIpc) is 3.29. The van der Waals surface area contributed by atoms with Gasteiger partial charge in [-0.25, -0.2) is 9.38 Å². The van der Waals surface area contributed by atoms with Gasteiger partial charge in [-0.1, -0.05) is 6.07 Å². The van der Waals surface area contributed by atoms with Gasteiger partial charge < -0.3 is 29.8 Å². The number of hydrogen-bond acceptors (Lipinski definition) is 5. The number of benzene rings is 1. The van der Waals surface area contributed by atoms with Crippen LogP contribution < -0.4 is 15.5 Å². The molecule has 1 aliphatic heterocycles. The van der Waals surface area contributed by atoms with E-state index in [0.717, 1.165) is 30.8 Å². The van der Waals surface area contributed by atoms with Crippen molar-refractivity contribution in [1.82, 2.24) is 10.6 Å². The van der Waals surface area contributed by atoms with Gasteiger partial charge in [0.2, 0.25) is 0 Å². The van der Waals surface area contributed by atoms with Gasteiger partial charge in [0.05, 0.1) is 24.6 Å². The van der Waals surface area contributed by atoms with Crippen LogP contribution in [-0.2, 0) is 17.9 Å². The lowest BCUT2D eigenvalue weighted by molar-refractivity contribution is 0.105. The van der Waals surface area contributed by atoms with Gasteiger partial charge in [-0.3, -0.25) is 0 Å². The van der Waals surface area contributed by atoms with Crippen molar-refractivity contribution in [3.05, 3.63) is 53.7 Å². The van der Waals surface area contributed by atoms with Gasteiger partial charge in [0, 0.05) is 32.8 Å². The van der Waals surface area contributed by atoms with Crippen molar-refractivity contribution in [3.8, 4) is 0 Å². The average molecular weight is 560 g/mol. The Bertz CT molecular complexity index is 812. The summed E-state index contributed by atoms with van der Waals surface area (Å²) < 4.78 is 25.4. The van der Waals surface area contributed by atoms with Crippen LogP contribution in [0.2, 0.25) is 0 Å². The van der Waals surface area contributed by atoms with Crippen LogP contribution in [0.4, 0.5) is 10.1 Å². The Morgan fingerprint density at radius 2 is 2.09 bits per heavy atom. The molecule has 0 atom stereocenters. The van der Waals surface area contributed by atoms with Crippen LogP contribution in [0, 0.1) is 5.82 Å². The Morgan fingerprint density at radius 1 is 1.28 bits per heavy atom. The molecule has 178 valence electrons. The van der Waals surface area contributed by atoms with Crippen molar-refractivity contribution in [2.24, 2.45) is 4.99 Å². The van der Waals surface area contributed by atoms with Crippen molar-refractivity contribution in [2.75, 3.05) is 37.7 Å². The zero-order valence-corrected chi connectivity index (χ0v) is 20.9. The molecule has 32 heavy (non-hydrogen) atoms. The SMILES string of the molecule is CCNC(=NCc1ccc(N2CCC(O)CC2)c(F)c1)NCCCOCc1ccco1.I. The lowest BCUT2D eigenvalue weighted by Crippen LogP contribution is -2.38. The number of hydrogen-bond donors (Lipinski definition) is 3. The van der Waals surface area contributed by atoms with Gasteiger partial charge in [-0.15, -0.1) is 24.0 Å². The molecule has 1 fully saturated rings. The molecule has 1 saturated heterocycles. The molecule has 0 aliphatic carbocycles. The number of halogens is 2. The molecule has 3 rings (SSSR count). The number of ether oxygens (including phenoxy) is 1. The number of furan rings is 1. The number of aliphatic hydroxyl groups is 1. The van der Waals surface area contributed by atoms with Crippen molar-refractivity contribution in [1.29, 1.82) is 0 Å². The van der Waals surface area contributed by atoms with Crippen LogP contribution in [0.3, 0.4) is 0 Å². The third-order valence-corrected chi connectivity index (χ3v) is 5.16. The van der Waals surface area contributed by atoms with Crippen LogP contribution in [-0.4, -0.2) is 50.0 Å². The molecule has 0 radical (unpaired) electrons. The highest BCUT2D eigenvalue weighted by Gasteiger charge is 2.19. The van der Waals surface area contributed by atoms with Crippen molar-refractivity contribution < 1.29 is 18.7 Å². The fourth-order valence-corrected chi connectivity index (χ4v) is 3.47. The number of piperidine rings is 1. The quantitative estimate of drug-likeness (QED) is 0.178. The molecule has 1 aromatic heterocycles. The molecule has 0 saturated carbocycles. The minimum absolute atomic E-state index is 0. The van der Waals surface area contributed by atoms with Crippen LogP contribution >= 0.6 is 24.0 Å². The highest BCUT2D eigenvalue weighted by atomic mass is 127. The molecule has 3 N–H and O–H groups in total. The Balaban J connectivity index is 0.00000363. The smallest absolute Gasteiger partial charge is 0.191 e. The summed E-state index contributed by atoms with van der Waals surface area (Å²) in [5.41, 5.74) is 1.41. The molecule has 0 bridgehead atoms. The van der Waals surface area contributed by atoms with Crippen LogP contribution in [0.25, 0.3) is 0 Å². The fourth-order valence-electron chi connectivity index (χ4n) is 3.47. The van der Waals surface area contributed by atoms with E-state index in [-0.39, 0.29) is 35.9 Å². The zero-order chi connectivity index (χ0) is 21.9. The highest BCUT2D eigenvalue weighted by molar-refractivity contribution is 14.0. The first-order chi connectivity index (χ1) is 15.2. The number of guanidine groups is 1. The largest absolute Gasteiger partial charge is 0.467 e. The lowest BCUT2D eigenvalue weighted by Gasteiger charge is -2.31. The number of nitrogens with zero attached hydrogens (tertiary/aromatic N) is 2. The number of aliphatic hydroxyl groups excluding tert-OH is 1. The maximum atomic E-state index is 14.6. The lowest BCUT2D eigenvalue weighted by atomic mass is 10.1. The minimum atomic E-state index is -0.271. The van der Waals surface area contributed by atoms with E-state index < -0.39 is 0 Å². The molecule has 1 aromatic carbocycles. The maximum absolute atomic E-state index is 14.6. The first kappa shape index (κ1) is 26.4. The number of aliphatic imine (C=N–C) groups is 1. The molecule has 0 unspecified atom stereocenters. The minimum Gasteiger partial charge on any atom is -0.467 e. The van der Waals surface area contributed by atoms with E-state index in [4.69, 9.17) is 9.15 Å². The van der Waals surface area contributed by atoms with E-state index in [9.17, 15) is 9.50 Å². The molecule has 7 nitrogen and oxygen atoms in total. The summed E-state index contributed by atoms with van der Waals surface area (Å²) in [5.74, 6) is 1.28. The molecule has 2 aromatic rings. The predicted molar refractivity (Wildman–Crippen MR) is 135 cm³/mol. The van der Waals surface area contributed by atoms with Crippen LogP contribution in [0.1, 0.15) is 37.5 Å². The van der Waals surface area contributed by atoms with E-state index in [1.54, 1.807) is 12.3 Å². The third kappa shape index (κ3) is 8.59. The standard InChI is InChI=1S/C23H33FN4O3.HI/c1-2-25-23(26-10-4-13-30-17-20-5-3-14-31-20)27-16-18-6-7-22(21(24)15-18)28-11-8-19(29)9-12-28;/h3,5-7,14-15,19,29H,2,4,8-13,16-17H2,1H3,(H2,25,26,27);1H. The number of nitrogens with one attached hydrogen (secondary N) is 2. The summed E-state index contributed by atoms with van der Waals surface area (Å²) >= 11 is 0. The van der Waals surface area contributed by atoms with E-state index in [1.807, 2.05) is 36.1 Å². The second-order valence-electron chi connectivity index (χ2n) is 7.61. The van der Waals surface area contributed by atoms with Crippen molar-refractivity contribution in [3.63, 3.8) is 0 Å². The van der Waals surface area contributed by atoms with Gasteiger partial charge >= 0.3 is 0 Å². The van der Waals surface area contributed by atoms with Gasteiger partial charge in [-0.05, 0) is 56.0 Å².